The van der Waals surface area contributed by atoms with Crippen molar-refractivity contribution in [2.24, 2.45) is 0 Å². The smallest absolute Gasteiger partial charge is 0.274 e. The molecule has 0 aliphatic rings. The van der Waals surface area contributed by atoms with Gasteiger partial charge in [-0.25, -0.2) is 4.98 Å². The van der Waals surface area contributed by atoms with Gasteiger partial charge in [0.05, 0.1) is 7.11 Å². The zero-order chi connectivity index (χ0) is 17.3. The molecular weight excluding hydrogens is 370 g/mol. The van der Waals surface area contributed by atoms with E-state index in [0.29, 0.717) is 12.2 Å². The van der Waals surface area contributed by atoms with E-state index in [9.17, 15) is 4.79 Å². The van der Waals surface area contributed by atoms with Crippen molar-refractivity contribution in [1.82, 2.24) is 14.3 Å². The standard InChI is InChI=1S/C18H18BrN3O2/c1-12-6-7-22-11-15(20-17(22)8-12)18(23)21(2)10-13-9-14(19)4-5-16(13)24-3/h4-9,11H,10H2,1-3H3. The first-order valence-electron chi connectivity index (χ1n) is 7.51. The van der Waals surface area contributed by atoms with E-state index in [0.717, 1.165) is 27.0 Å². The van der Waals surface area contributed by atoms with Crippen LogP contribution in [0.1, 0.15) is 21.6 Å². The van der Waals surface area contributed by atoms with E-state index in [-0.39, 0.29) is 5.91 Å². The van der Waals surface area contributed by atoms with Gasteiger partial charge in [0.15, 0.2) is 0 Å². The topological polar surface area (TPSA) is 46.8 Å². The summed E-state index contributed by atoms with van der Waals surface area (Å²) in [5, 5.41) is 0. The lowest BCUT2D eigenvalue weighted by molar-refractivity contribution is 0.0779. The molecule has 0 unspecified atom stereocenters. The van der Waals surface area contributed by atoms with E-state index in [1.165, 1.54) is 0 Å². The minimum atomic E-state index is -0.126. The highest BCUT2D eigenvalue weighted by molar-refractivity contribution is 9.10. The number of aryl methyl sites for hydroxylation is 1. The second-order valence-corrected chi connectivity index (χ2v) is 6.63. The SMILES string of the molecule is COc1ccc(Br)cc1CN(C)C(=O)c1cn2ccc(C)cc2n1. The normalized spacial score (nSPS) is 10.8. The number of ether oxygens (including phenoxy) is 1. The molecule has 3 aromatic rings. The molecule has 0 bridgehead atoms. The quantitative estimate of drug-likeness (QED) is 0.685. The van der Waals surface area contributed by atoms with Crippen molar-refractivity contribution in [3.8, 4) is 5.75 Å². The average molecular weight is 388 g/mol. The largest absolute Gasteiger partial charge is 0.496 e. The molecule has 1 amide bonds. The molecule has 0 saturated heterocycles. The Morgan fingerprint density at radius 1 is 1.33 bits per heavy atom. The van der Waals surface area contributed by atoms with Gasteiger partial charge in [-0.2, -0.15) is 0 Å². The van der Waals surface area contributed by atoms with Gasteiger partial charge in [-0.05, 0) is 42.8 Å². The number of carbonyl (C=O) groups excluding carboxylic acids is 1. The number of hydrogen-bond acceptors (Lipinski definition) is 3. The third-order valence-electron chi connectivity index (χ3n) is 3.83. The highest BCUT2D eigenvalue weighted by Crippen LogP contribution is 2.24. The average Bonchev–Trinajstić information content (AvgIpc) is 2.97. The molecule has 2 aromatic heterocycles. The summed E-state index contributed by atoms with van der Waals surface area (Å²) in [7, 11) is 3.39. The van der Waals surface area contributed by atoms with Crippen LogP contribution in [0.25, 0.3) is 5.65 Å². The van der Waals surface area contributed by atoms with Crippen LogP contribution in [0.15, 0.2) is 47.2 Å². The number of halogens is 1. The zero-order valence-corrected chi connectivity index (χ0v) is 15.4. The number of pyridine rings is 1. The van der Waals surface area contributed by atoms with Crippen LogP contribution >= 0.6 is 15.9 Å². The van der Waals surface area contributed by atoms with Gasteiger partial charge in [-0.15, -0.1) is 0 Å². The third kappa shape index (κ3) is 3.28. The van der Waals surface area contributed by atoms with Crippen LogP contribution in [0.3, 0.4) is 0 Å². The summed E-state index contributed by atoms with van der Waals surface area (Å²) in [5.41, 5.74) is 3.24. The van der Waals surface area contributed by atoms with E-state index < -0.39 is 0 Å². The highest BCUT2D eigenvalue weighted by Gasteiger charge is 2.17. The van der Waals surface area contributed by atoms with E-state index >= 15 is 0 Å². The predicted molar refractivity (Wildman–Crippen MR) is 96.4 cm³/mol. The van der Waals surface area contributed by atoms with Crippen molar-refractivity contribution in [2.75, 3.05) is 14.2 Å². The van der Waals surface area contributed by atoms with Gasteiger partial charge in [0.2, 0.25) is 0 Å². The van der Waals surface area contributed by atoms with Crippen molar-refractivity contribution in [3.05, 3.63) is 64.0 Å². The number of aromatic nitrogens is 2. The molecular formula is C18H18BrN3O2. The van der Waals surface area contributed by atoms with Crippen molar-refractivity contribution < 1.29 is 9.53 Å². The number of methoxy groups -OCH3 is 1. The Morgan fingerprint density at radius 3 is 2.88 bits per heavy atom. The molecule has 6 heteroatoms. The lowest BCUT2D eigenvalue weighted by Crippen LogP contribution is -2.26. The molecule has 5 nitrogen and oxygen atoms in total. The summed E-state index contributed by atoms with van der Waals surface area (Å²) < 4.78 is 8.17. The second kappa shape index (κ2) is 6.65. The Bertz CT molecular complexity index is 904. The molecule has 0 aliphatic heterocycles. The molecule has 2 heterocycles. The molecule has 3 rings (SSSR count). The minimum absolute atomic E-state index is 0.126. The fourth-order valence-corrected chi connectivity index (χ4v) is 2.99. The van der Waals surface area contributed by atoms with Crippen molar-refractivity contribution in [2.45, 2.75) is 13.5 Å². The van der Waals surface area contributed by atoms with Crippen LogP contribution in [0.2, 0.25) is 0 Å². The summed E-state index contributed by atoms with van der Waals surface area (Å²) in [6, 6.07) is 9.68. The van der Waals surface area contributed by atoms with Crippen LogP contribution < -0.4 is 4.74 Å². The number of nitrogens with zero attached hydrogens (tertiary/aromatic N) is 3. The van der Waals surface area contributed by atoms with Gasteiger partial charge < -0.3 is 14.0 Å². The fraction of sp³-hybridized carbons (Fsp3) is 0.222. The molecule has 0 aliphatic carbocycles. The van der Waals surface area contributed by atoms with Crippen molar-refractivity contribution in [1.29, 1.82) is 0 Å². The van der Waals surface area contributed by atoms with Gasteiger partial charge in [0.1, 0.15) is 17.1 Å². The minimum Gasteiger partial charge on any atom is -0.496 e. The number of carbonyl (C=O) groups is 1. The third-order valence-corrected chi connectivity index (χ3v) is 4.32. The summed E-state index contributed by atoms with van der Waals surface area (Å²) in [5.74, 6) is 0.627. The maximum atomic E-state index is 12.7. The lowest BCUT2D eigenvalue weighted by atomic mass is 10.2. The van der Waals surface area contributed by atoms with E-state index in [1.54, 1.807) is 25.3 Å². The molecule has 1 aromatic carbocycles. The van der Waals surface area contributed by atoms with Gasteiger partial charge in [-0.1, -0.05) is 15.9 Å². The maximum Gasteiger partial charge on any atom is 0.274 e. The first kappa shape index (κ1) is 16.5. The van der Waals surface area contributed by atoms with Crippen molar-refractivity contribution in [3.63, 3.8) is 0 Å². The summed E-state index contributed by atoms with van der Waals surface area (Å²) in [4.78, 5) is 18.8. The number of imidazole rings is 1. The fourth-order valence-electron chi connectivity index (χ4n) is 2.58. The number of rotatable bonds is 4. The Hall–Kier alpha value is -2.34. The summed E-state index contributed by atoms with van der Waals surface area (Å²) in [6.45, 7) is 2.44. The number of benzene rings is 1. The molecule has 0 saturated carbocycles. The lowest BCUT2D eigenvalue weighted by Gasteiger charge is -2.18. The number of fused-ring (bicyclic) bond motifs is 1. The zero-order valence-electron chi connectivity index (χ0n) is 13.8. The monoisotopic (exact) mass is 387 g/mol. The second-order valence-electron chi connectivity index (χ2n) is 5.71. The van der Waals surface area contributed by atoms with Crippen LogP contribution in [0.4, 0.5) is 0 Å². The van der Waals surface area contributed by atoms with E-state index in [4.69, 9.17) is 4.74 Å². The molecule has 0 atom stereocenters. The van der Waals surface area contributed by atoms with Crippen LogP contribution in [0.5, 0.6) is 5.75 Å². The Balaban J connectivity index is 1.85. The van der Waals surface area contributed by atoms with Gasteiger partial charge in [0, 0.05) is 36.0 Å². The Morgan fingerprint density at radius 2 is 2.12 bits per heavy atom. The Kier molecular flexibility index (Phi) is 4.57. The summed E-state index contributed by atoms with van der Waals surface area (Å²) in [6.07, 6.45) is 3.66. The number of amides is 1. The highest BCUT2D eigenvalue weighted by atomic mass is 79.9. The van der Waals surface area contributed by atoms with E-state index in [1.807, 2.05) is 47.9 Å². The number of hydrogen-bond donors (Lipinski definition) is 0. The summed E-state index contributed by atoms with van der Waals surface area (Å²) >= 11 is 3.45. The first-order valence-corrected chi connectivity index (χ1v) is 8.30. The molecule has 0 N–H and O–H groups in total. The molecule has 0 radical (unpaired) electrons. The molecule has 24 heavy (non-hydrogen) atoms. The van der Waals surface area contributed by atoms with Gasteiger partial charge in [-0.3, -0.25) is 4.79 Å². The predicted octanol–water partition coefficient (Wildman–Crippen LogP) is 3.69. The van der Waals surface area contributed by atoms with Crippen LogP contribution in [0, 0.1) is 6.92 Å². The molecule has 0 fully saturated rings. The van der Waals surface area contributed by atoms with E-state index in [2.05, 4.69) is 20.9 Å². The Labute approximate surface area is 149 Å². The van der Waals surface area contributed by atoms with Crippen LogP contribution in [-0.2, 0) is 6.54 Å². The van der Waals surface area contributed by atoms with Crippen molar-refractivity contribution >= 4 is 27.5 Å². The maximum absolute atomic E-state index is 12.7. The molecule has 0 spiro atoms. The van der Waals surface area contributed by atoms with Gasteiger partial charge in [0.25, 0.3) is 5.91 Å². The first-order chi connectivity index (χ1) is 11.5. The van der Waals surface area contributed by atoms with Crippen LogP contribution in [-0.4, -0.2) is 34.3 Å². The van der Waals surface area contributed by atoms with Gasteiger partial charge >= 0.3 is 0 Å². The molecule has 124 valence electrons.